The molecule has 2 aromatic rings. The molecule has 0 bridgehead atoms. The summed E-state index contributed by atoms with van der Waals surface area (Å²) in [4.78, 5) is 20.3. The van der Waals surface area contributed by atoms with Gasteiger partial charge >= 0.3 is 12.1 Å². The van der Waals surface area contributed by atoms with E-state index in [1.54, 1.807) is 38.1 Å². The van der Waals surface area contributed by atoms with E-state index in [2.05, 4.69) is 14.7 Å². The van der Waals surface area contributed by atoms with Crippen LogP contribution in [0.3, 0.4) is 0 Å². The van der Waals surface area contributed by atoms with E-state index in [-0.39, 0.29) is 24.2 Å². The third kappa shape index (κ3) is 4.10. The fourth-order valence-corrected chi connectivity index (χ4v) is 1.90. The summed E-state index contributed by atoms with van der Waals surface area (Å²) >= 11 is 0. The van der Waals surface area contributed by atoms with E-state index < -0.39 is 12.1 Å². The van der Waals surface area contributed by atoms with Gasteiger partial charge in [0.25, 0.3) is 0 Å². The van der Waals surface area contributed by atoms with Crippen molar-refractivity contribution in [2.24, 2.45) is 5.92 Å². The van der Waals surface area contributed by atoms with E-state index in [1.165, 1.54) is 12.2 Å². The first kappa shape index (κ1) is 17.9. The van der Waals surface area contributed by atoms with Crippen molar-refractivity contribution >= 4 is 5.91 Å². The van der Waals surface area contributed by atoms with Gasteiger partial charge in [0.1, 0.15) is 0 Å². The number of aromatic nitrogens is 2. The van der Waals surface area contributed by atoms with Gasteiger partial charge in [-0.1, -0.05) is 43.3 Å². The fourth-order valence-electron chi connectivity index (χ4n) is 1.90. The molecule has 0 aliphatic heterocycles. The van der Waals surface area contributed by atoms with E-state index >= 15 is 0 Å². The molecule has 0 N–H and O–H groups in total. The second-order valence-corrected chi connectivity index (χ2v) is 5.33. The maximum absolute atomic E-state index is 12.5. The predicted octanol–water partition coefficient (Wildman–Crippen LogP) is 3.30. The third-order valence-corrected chi connectivity index (χ3v) is 3.17. The molecule has 1 aromatic heterocycles. The highest BCUT2D eigenvalue weighted by atomic mass is 19.4. The number of alkyl halides is 3. The van der Waals surface area contributed by atoms with E-state index in [1.807, 2.05) is 0 Å². The first-order chi connectivity index (χ1) is 11.2. The topological polar surface area (TPSA) is 68.5 Å². The smallest absolute Gasteiger partial charge is 0.329 e. The van der Waals surface area contributed by atoms with E-state index in [0.29, 0.717) is 5.56 Å². The lowest BCUT2D eigenvalue weighted by molar-refractivity contribution is -0.182. The van der Waals surface area contributed by atoms with Gasteiger partial charge in [-0.2, -0.15) is 18.2 Å². The number of hydrogen-bond donors (Lipinski definition) is 0. The van der Waals surface area contributed by atoms with Gasteiger partial charge in [0.05, 0.1) is 13.7 Å². The lowest BCUT2D eigenvalue weighted by Crippen LogP contribution is -2.32. The van der Waals surface area contributed by atoms with Crippen LogP contribution in [0.2, 0.25) is 0 Å². The minimum Gasteiger partial charge on any atom is -0.329 e. The number of nitrogens with zero attached hydrogens (tertiary/aromatic N) is 3. The quantitative estimate of drug-likeness (QED) is 0.779. The summed E-state index contributed by atoms with van der Waals surface area (Å²) in [5.74, 6) is -1.94. The highest BCUT2D eigenvalue weighted by Crippen LogP contribution is 2.29. The SMILES string of the molecule is CON(Cc1ccc(-c2noc(C(F)(F)F)n2)cc1)C(=O)C(C)C. The van der Waals surface area contributed by atoms with Crippen molar-refractivity contribution in [3.8, 4) is 11.4 Å². The Morgan fingerprint density at radius 3 is 2.38 bits per heavy atom. The van der Waals surface area contributed by atoms with Gasteiger partial charge < -0.3 is 4.52 Å². The first-order valence-corrected chi connectivity index (χ1v) is 7.08. The van der Waals surface area contributed by atoms with Gasteiger partial charge in [0, 0.05) is 11.5 Å². The predicted molar refractivity (Wildman–Crippen MR) is 77.1 cm³/mol. The zero-order valence-electron chi connectivity index (χ0n) is 13.3. The molecule has 0 saturated heterocycles. The van der Waals surface area contributed by atoms with Crippen molar-refractivity contribution in [3.63, 3.8) is 0 Å². The van der Waals surface area contributed by atoms with Crippen molar-refractivity contribution in [1.82, 2.24) is 15.2 Å². The molecule has 24 heavy (non-hydrogen) atoms. The molecule has 0 fully saturated rings. The fraction of sp³-hybridized carbons (Fsp3) is 0.400. The summed E-state index contributed by atoms with van der Waals surface area (Å²) in [5.41, 5.74) is 1.12. The molecule has 9 heteroatoms. The summed E-state index contributed by atoms with van der Waals surface area (Å²) in [6.45, 7) is 3.73. The maximum atomic E-state index is 12.5. The molecule has 0 atom stereocenters. The third-order valence-electron chi connectivity index (χ3n) is 3.17. The Balaban J connectivity index is 2.13. The van der Waals surface area contributed by atoms with Crippen LogP contribution in [0.15, 0.2) is 28.8 Å². The molecule has 6 nitrogen and oxygen atoms in total. The number of carbonyl (C=O) groups is 1. The van der Waals surface area contributed by atoms with E-state index in [0.717, 1.165) is 5.56 Å². The average molecular weight is 343 g/mol. The summed E-state index contributed by atoms with van der Waals surface area (Å²) in [7, 11) is 1.40. The average Bonchev–Trinajstić information content (AvgIpc) is 3.02. The van der Waals surface area contributed by atoms with Crippen LogP contribution in [0.25, 0.3) is 11.4 Å². The van der Waals surface area contributed by atoms with Crippen LogP contribution >= 0.6 is 0 Å². The minimum atomic E-state index is -4.68. The normalized spacial score (nSPS) is 11.8. The number of rotatable bonds is 5. The molecule has 0 spiro atoms. The molecule has 1 heterocycles. The molecule has 2 rings (SSSR count). The first-order valence-electron chi connectivity index (χ1n) is 7.08. The molecule has 0 saturated carbocycles. The van der Waals surface area contributed by atoms with Crippen LogP contribution in [0.4, 0.5) is 13.2 Å². The second-order valence-electron chi connectivity index (χ2n) is 5.33. The Bertz CT molecular complexity index is 696. The summed E-state index contributed by atoms with van der Waals surface area (Å²) in [6, 6.07) is 6.40. The summed E-state index contributed by atoms with van der Waals surface area (Å²) < 4.78 is 41.6. The molecular weight excluding hydrogens is 327 g/mol. The van der Waals surface area contributed by atoms with Gasteiger partial charge in [0.15, 0.2) is 0 Å². The zero-order valence-corrected chi connectivity index (χ0v) is 13.3. The minimum absolute atomic E-state index is 0.157. The molecule has 0 radical (unpaired) electrons. The van der Waals surface area contributed by atoms with Crippen LogP contribution in [0.5, 0.6) is 0 Å². The number of carbonyl (C=O) groups excluding carboxylic acids is 1. The Labute approximate surface area is 136 Å². The Morgan fingerprint density at radius 1 is 1.29 bits per heavy atom. The van der Waals surface area contributed by atoms with Crippen LogP contribution in [-0.4, -0.2) is 28.2 Å². The number of benzene rings is 1. The lowest BCUT2D eigenvalue weighted by Gasteiger charge is -2.21. The monoisotopic (exact) mass is 343 g/mol. The van der Waals surface area contributed by atoms with E-state index in [9.17, 15) is 18.0 Å². The summed E-state index contributed by atoms with van der Waals surface area (Å²) in [6.07, 6.45) is -4.68. The van der Waals surface area contributed by atoms with Crippen LogP contribution in [0, 0.1) is 5.92 Å². The second kappa shape index (κ2) is 7.00. The van der Waals surface area contributed by atoms with Gasteiger partial charge in [-0.05, 0) is 5.56 Å². The van der Waals surface area contributed by atoms with Gasteiger partial charge in [0.2, 0.25) is 11.7 Å². The van der Waals surface area contributed by atoms with Gasteiger partial charge in [-0.15, -0.1) is 0 Å². The summed E-state index contributed by atoms with van der Waals surface area (Å²) in [5, 5.41) is 4.53. The maximum Gasteiger partial charge on any atom is 0.471 e. The van der Waals surface area contributed by atoms with Crippen molar-refractivity contribution in [2.75, 3.05) is 7.11 Å². The lowest BCUT2D eigenvalue weighted by atomic mass is 10.1. The molecule has 0 aliphatic carbocycles. The molecular formula is C15H16F3N3O3. The molecule has 130 valence electrons. The number of hydrogen-bond acceptors (Lipinski definition) is 5. The number of halogens is 3. The largest absolute Gasteiger partial charge is 0.471 e. The zero-order chi connectivity index (χ0) is 17.9. The Kier molecular flexibility index (Phi) is 5.23. The highest BCUT2D eigenvalue weighted by molar-refractivity contribution is 5.77. The molecule has 0 aliphatic rings. The van der Waals surface area contributed by atoms with Crippen molar-refractivity contribution in [2.45, 2.75) is 26.6 Å². The standard InChI is InChI=1S/C15H16F3N3O3/c1-9(2)13(22)21(23-3)8-10-4-6-11(7-5-10)12-19-14(24-20-12)15(16,17)18/h4-7,9H,8H2,1-3H3. The van der Waals surface area contributed by atoms with Crippen molar-refractivity contribution in [1.29, 1.82) is 0 Å². The van der Waals surface area contributed by atoms with E-state index in [4.69, 9.17) is 4.84 Å². The molecule has 1 aromatic carbocycles. The Morgan fingerprint density at radius 2 is 1.92 bits per heavy atom. The van der Waals surface area contributed by atoms with Crippen molar-refractivity contribution in [3.05, 3.63) is 35.7 Å². The molecule has 0 unspecified atom stereocenters. The van der Waals surface area contributed by atoms with Gasteiger partial charge in [-0.3, -0.25) is 9.63 Å². The van der Waals surface area contributed by atoms with Crippen LogP contribution in [-0.2, 0) is 22.4 Å². The van der Waals surface area contributed by atoms with Gasteiger partial charge in [-0.25, -0.2) is 5.06 Å². The number of amides is 1. The number of hydroxylamine groups is 2. The van der Waals surface area contributed by atoms with Crippen LogP contribution < -0.4 is 0 Å². The molecule has 1 amide bonds. The van der Waals surface area contributed by atoms with Crippen LogP contribution in [0.1, 0.15) is 25.3 Å². The Hall–Kier alpha value is -2.42. The van der Waals surface area contributed by atoms with Crippen molar-refractivity contribution < 1.29 is 27.3 Å². The highest BCUT2D eigenvalue weighted by Gasteiger charge is 2.38.